The second-order valence-corrected chi connectivity index (χ2v) is 6.37. The average Bonchev–Trinajstić information content (AvgIpc) is 3.28. The summed E-state index contributed by atoms with van der Waals surface area (Å²) in [6.07, 6.45) is 2.56. The van der Waals surface area contributed by atoms with Crippen LogP contribution in [0.3, 0.4) is 0 Å². The number of para-hydroxylation sites is 1. The first-order valence-electron chi connectivity index (χ1n) is 8.36. The van der Waals surface area contributed by atoms with Gasteiger partial charge >= 0.3 is 0 Å². The summed E-state index contributed by atoms with van der Waals surface area (Å²) in [5.41, 5.74) is 2.42. The van der Waals surface area contributed by atoms with Crippen LogP contribution in [0.1, 0.15) is 28.3 Å². The van der Waals surface area contributed by atoms with E-state index in [9.17, 15) is 9.18 Å². The van der Waals surface area contributed by atoms with Gasteiger partial charge in [0.2, 0.25) is 0 Å². The lowest BCUT2D eigenvalue weighted by molar-refractivity contribution is 0.0792. The van der Waals surface area contributed by atoms with Crippen molar-refractivity contribution >= 4 is 16.8 Å². The van der Waals surface area contributed by atoms with Crippen LogP contribution in [-0.2, 0) is 0 Å². The number of nitrogens with zero attached hydrogens (tertiary/aromatic N) is 1. The zero-order valence-electron chi connectivity index (χ0n) is 14.0. The molecule has 2 aromatic carbocycles. The van der Waals surface area contributed by atoms with Gasteiger partial charge < -0.3 is 14.6 Å². The minimum Gasteiger partial charge on any atom is -0.496 e. The molecule has 0 aliphatic carbocycles. The van der Waals surface area contributed by atoms with Crippen LogP contribution in [0.25, 0.3) is 10.9 Å². The van der Waals surface area contributed by atoms with E-state index in [0.717, 1.165) is 23.3 Å². The Labute approximate surface area is 145 Å². The predicted octanol–water partition coefficient (Wildman–Crippen LogP) is 3.95. The van der Waals surface area contributed by atoms with E-state index in [1.807, 2.05) is 23.1 Å². The lowest BCUT2D eigenvalue weighted by Crippen LogP contribution is -2.28. The second kappa shape index (κ2) is 6.24. The molecule has 5 heteroatoms. The summed E-state index contributed by atoms with van der Waals surface area (Å²) in [5, 5.41) is 0.630. The number of aromatic amines is 1. The van der Waals surface area contributed by atoms with Crippen LogP contribution in [0.5, 0.6) is 5.75 Å². The van der Waals surface area contributed by atoms with Gasteiger partial charge in [-0.1, -0.05) is 18.2 Å². The van der Waals surface area contributed by atoms with Crippen LogP contribution in [0.15, 0.2) is 48.7 Å². The van der Waals surface area contributed by atoms with Crippen LogP contribution in [-0.4, -0.2) is 36.0 Å². The lowest BCUT2D eigenvalue weighted by atomic mass is 9.97. The molecule has 0 saturated carbocycles. The summed E-state index contributed by atoms with van der Waals surface area (Å²) in [6, 6.07) is 12.4. The molecule has 1 amide bonds. The fourth-order valence-electron chi connectivity index (χ4n) is 3.64. The number of halogens is 1. The van der Waals surface area contributed by atoms with Gasteiger partial charge in [-0.2, -0.15) is 0 Å². The van der Waals surface area contributed by atoms with Crippen molar-refractivity contribution in [3.8, 4) is 5.75 Å². The molecule has 1 fully saturated rings. The van der Waals surface area contributed by atoms with Crippen LogP contribution in [0, 0.1) is 5.82 Å². The number of likely N-dealkylation sites (tertiary alicyclic amines) is 1. The number of aromatic nitrogens is 1. The highest BCUT2D eigenvalue weighted by Gasteiger charge is 2.30. The maximum absolute atomic E-state index is 13.5. The zero-order valence-corrected chi connectivity index (χ0v) is 14.0. The number of nitrogens with one attached hydrogen (secondary N) is 1. The molecule has 25 heavy (non-hydrogen) atoms. The Kier molecular flexibility index (Phi) is 3.92. The third-order valence-electron chi connectivity index (χ3n) is 4.93. The first kappa shape index (κ1) is 15.7. The van der Waals surface area contributed by atoms with Crippen LogP contribution in [0.2, 0.25) is 0 Å². The number of amides is 1. The molecule has 4 rings (SSSR count). The number of H-pyrrole nitrogens is 1. The highest BCUT2D eigenvalue weighted by atomic mass is 19.1. The van der Waals surface area contributed by atoms with E-state index in [1.165, 1.54) is 12.1 Å². The lowest BCUT2D eigenvalue weighted by Gasteiger charge is -2.17. The molecule has 1 aliphatic heterocycles. The van der Waals surface area contributed by atoms with Gasteiger partial charge in [0.1, 0.15) is 11.6 Å². The van der Waals surface area contributed by atoms with E-state index >= 15 is 0 Å². The number of hydrogen-bond donors (Lipinski definition) is 1. The van der Waals surface area contributed by atoms with E-state index < -0.39 is 0 Å². The fraction of sp³-hybridized carbons (Fsp3) is 0.250. The van der Waals surface area contributed by atoms with Gasteiger partial charge in [-0.15, -0.1) is 0 Å². The Balaban J connectivity index is 1.59. The Morgan fingerprint density at radius 3 is 2.96 bits per heavy atom. The molecule has 1 N–H and O–H groups in total. The summed E-state index contributed by atoms with van der Waals surface area (Å²) in [5.74, 6) is 0.710. The van der Waals surface area contributed by atoms with Gasteiger partial charge in [-0.25, -0.2) is 4.39 Å². The number of carbonyl (C=O) groups is 1. The van der Waals surface area contributed by atoms with Gasteiger partial charge in [-0.3, -0.25) is 4.79 Å². The van der Waals surface area contributed by atoms with Crippen molar-refractivity contribution in [1.82, 2.24) is 9.88 Å². The molecule has 1 atom stereocenters. The minimum absolute atomic E-state index is 0.0609. The topological polar surface area (TPSA) is 45.3 Å². The molecule has 1 aromatic heterocycles. The first-order valence-corrected chi connectivity index (χ1v) is 8.36. The maximum Gasteiger partial charge on any atom is 0.256 e. The summed E-state index contributed by atoms with van der Waals surface area (Å²) >= 11 is 0. The Morgan fingerprint density at radius 1 is 1.28 bits per heavy atom. The van der Waals surface area contributed by atoms with Gasteiger partial charge in [0, 0.05) is 36.1 Å². The number of rotatable bonds is 3. The molecule has 0 spiro atoms. The third kappa shape index (κ3) is 2.76. The monoisotopic (exact) mass is 338 g/mol. The number of ether oxygens (including phenoxy) is 1. The normalized spacial score (nSPS) is 17.2. The van der Waals surface area contributed by atoms with Crippen molar-refractivity contribution in [2.75, 3.05) is 20.2 Å². The molecule has 1 unspecified atom stereocenters. The third-order valence-corrected chi connectivity index (χ3v) is 4.93. The Bertz CT molecular complexity index is 934. The highest BCUT2D eigenvalue weighted by Crippen LogP contribution is 2.34. The summed E-state index contributed by atoms with van der Waals surface area (Å²) < 4.78 is 19.0. The fourth-order valence-corrected chi connectivity index (χ4v) is 3.64. The van der Waals surface area contributed by atoms with Crippen LogP contribution >= 0.6 is 0 Å². The number of carbonyl (C=O) groups excluding carboxylic acids is 1. The summed E-state index contributed by atoms with van der Waals surface area (Å²) in [6.45, 7) is 1.32. The van der Waals surface area contributed by atoms with Crippen molar-refractivity contribution in [1.29, 1.82) is 0 Å². The molecule has 0 bridgehead atoms. The van der Waals surface area contributed by atoms with Crippen molar-refractivity contribution in [2.45, 2.75) is 12.3 Å². The molecule has 2 heterocycles. The molecule has 0 radical (unpaired) electrons. The minimum atomic E-state index is -0.338. The molecule has 3 aromatic rings. The first-order chi connectivity index (χ1) is 12.2. The maximum atomic E-state index is 13.5. The smallest absolute Gasteiger partial charge is 0.256 e. The highest BCUT2D eigenvalue weighted by molar-refractivity contribution is 6.06. The van der Waals surface area contributed by atoms with Crippen molar-refractivity contribution in [2.24, 2.45) is 0 Å². The molecular weight excluding hydrogens is 319 g/mol. The summed E-state index contributed by atoms with van der Waals surface area (Å²) in [4.78, 5) is 17.8. The molecule has 1 saturated heterocycles. The standard InChI is InChI=1S/C20H19FN2O2/c1-25-19-5-3-2-4-15(19)13-8-9-23(12-13)20(24)17-11-22-18-7-6-14(21)10-16(17)18/h2-7,10-11,13,22H,8-9,12H2,1H3. The van der Waals surface area contributed by atoms with E-state index in [0.29, 0.717) is 24.0 Å². The van der Waals surface area contributed by atoms with Crippen molar-refractivity contribution in [3.63, 3.8) is 0 Å². The van der Waals surface area contributed by atoms with Gasteiger partial charge in [-0.05, 0) is 36.2 Å². The van der Waals surface area contributed by atoms with E-state index in [2.05, 4.69) is 11.1 Å². The van der Waals surface area contributed by atoms with Gasteiger partial charge in [0.25, 0.3) is 5.91 Å². The zero-order chi connectivity index (χ0) is 17.4. The van der Waals surface area contributed by atoms with Crippen LogP contribution < -0.4 is 4.74 Å². The number of benzene rings is 2. The molecule has 1 aliphatic rings. The van der Waals surface area contributed by atoms with E-state index in [1.54, 1.807) is 19.4 Å². The van der Waals surface area contributed by atoms with Crippen LogP contribution in [0.4, 0.5) is 4.39 Å². The largest absolute Gasteiger partial charge is 0.496 e. The van der Waals surface area contributed by atoms with Crippen molar-refractivity contribution in [3.05, 3.63) is 65.6 Å². The van der Waals surface area contributed by atoms with E-state index in [4.69, 9.17) is 4.74 Å². The molecule has 4 nitrogen and oxygen atoms in total. The van der Waals surface area contributed by atoms with Crippen molar-refractivity contribution < 1.29 is 13.9 Å². The summed E-state index contributed by atoms with van der Waals surface area (Å²) in [7, 11) is 1.66. The predicted molar refractivity (Wildman–Crippen MR) is 94.5 cm³/mol. The van der Waals surface area contributed by atoms with E-state index in [-0.39, 0.29) is 17.6 Å². The molecular formula is C20H19FN2O2. The SMILES string of the molecule is COc1ccccc1C1CCN(C(=O)c2c[nH]c3ccc(F)cc23)C1. The van der Waals surface area contributed by atoms with Gasteiger partial charge in [0.15, 0.2) is 0 Å². The number of methoxy groups -OCH3 is 1. The molecule has 128 valence electrons. The number of hydrogen-bond acceptors (Lipinski definition) is 2. The second-order valence-electron chi connectivity index (χ2n) is 6.37. The Hall–Kier alpha value is -2.82. The Morgan fingerprint density at radius 2 is 2.12 bits per heavy atom. The number of fused-ring (bicyclic) bond motifs is 1. The van der Waals surface area contributed by atoms with Gasteiger partial charge in [0.05, 0.1) is 12.7 Å². The quantitative estimate of drug-likeness (QED) is 0.786. The average molecular weight is 338 g/mol.